The Kier molecular flexibility index (Phi) is 5.47. The van der Waals surface area contributed by atoms with E-state index in [1.165, 1.54) is 18.9 Å². The largest absolute Gasteiger partial charge is 0.493 e. The number of likely N-dealkylation sites (tertiary alicyclic amines) is 1. The minimum Gasteiger partial charge on any atom is -0.493 e. The Balaban J connectivity index is 1.57. The van der Waals surface area contributed by atoms with Crippen molar-refractivity contribution in [1.82, 2.24) is 4.90 Å². The molecule has 8 heteroatoms. The normalized spacial score (nSPS) is 19.8. The van der Waals surface area contributed by atoms with E-state index in [4.69, 9.17) is 9.47 Å². The van der Waals surface area contributed by atoms with Crippen molar-refractivity contribution < 1.29 is 19.1 Å². The van der Waals surface area contributed by atoms with Gasteiger partial charge in [-0.25, -0.2) is 0 Å². The highest BCUT2D eigenvalue weighted by Gasteiger charge is 2.33. The van der Waals surface area contributed by atoms with Gasteiger partial charge >= 0.3 is 0 Å². The SMILES string of the molecule is COc1ccc(NC(=O)C[C@H]2SC(N3CCCC3)=NC2=O)cc1OC. The van der Waals surface area contributed by atoms with Crippen LogP contribution in [0.4, 0.5) is 5.69 Å². The number of hydrogen-bond acceptors (Lipinski definition) is 6. The summed E-state index contributed by atoms with van der Waals surface area (Å²) in [6.07, 6.45) is 2.34. The summed E-state index contributed by atoms with van der Waals surface area (Å²) in [6, 6.07) is 5.14. The van der Waals surface area contributed by atoms with E-state index in [9.17, 15) is 9.59 Å². The average molecular weight is 363 g/mol. The number of rotatable bonds is 5. The lowest BCUT2D eigenvalue weighted by atomic mass is 10.2. The van der Waals surface area contributed by atoms with Crippen LogP contribution in [0.15, 0.2) is 23.2 Å². The monoisotopic (exact) mass is 363 g/mol. The quantitative estimate of drug-likeness (QED) is 0.863. The molecule has 7 nitrogen and oxygen atoms in total. The van der Waals surface area contributed by atoms with Gasteiger partial charge in [0.2, 0.25) is 5.91 Å². The maximum atomic E-state index is 12.3. The number of carbonyl (C=O) groups is 2. The van der Waals surface area contributed by atoms with Crippen LogP contribution in [0.1, 0.15) is 19.3 Å². The van der Waals surface area contributed by atoms with Crippen molar-refractivity contribution in [1.29, 1.82) is 0 Å². The number of methoxy groups -OCH3 is 2. The van der Waals surface area contributed by atoms with E-state index < -0.39 is 5.25 Å². The predicted molar refractivity (Wildman–Crippen MR) is 97.4 cm³/mol. The van der Waals surface area contributed by atoms with Gasteiger partial charge in [-0.1, -0.05) is 11.8 Å². The van der Waals surface area contributed by atoms with Crippen molar-refractivity contribution in [2.45, 2.75) is 24.5 Å². The molecular formula is C17H21N3O4S. The first-order valence-electron chi connectivity index (χ1n) is 8.16. The zero-order valence-electron chi connectivity index (χ0n) is 14.3. The molecule has 25 heavy (non-hydrogen) atoms. The Hall–Kier alpha value is -2.22. The number of nitrogens with zero attached hydrogens (tertiary/aromatic N) is 2. The van der Waals surface area contributed by atoms with E-state index in [1.54, 1.807) is 25.3 Å². The number of aliphatic imine (C=N–C) groups is 1. The lowest BCUT2D eigenvalue weighted by Gasteiger charge is -2.16. The van der Waals surface area contributed by atoms with Crippen LogP contribution in [0.5, 0.6) is 11.5 Å². The van der Waals surface area contributed by atoms with Crippen LogP contribution in [0.3, 0.4) is 0 Å². The van der Waals surface area contributed by atoms with Gasteiger partial charge in [-0.2, -0.15) is 4.99 Å². The van der Waals surface area contributed by atoms with E-state index in [0.29, 0.717) is 17.2 Å². The lowest BCUT2D eigenvalue weighted by Crippen LogP contribution is -2.25. The van der Waals surface area contributed by atoms with Crippen molar-refractivity contribution in [3.8, 4) is 11.5 Å². The van der Waals surface area contributed by atoms with E-state index in [2.05, 4.69) is 15.2 Å². The fourth-order valence-corrected chi connectivity index (χ4v) is 3.96. The second kappa shape index (κ2) is 7.77. The van der Waals surface area contributed by atoms with Crippen molar-refractivity contribution in [2.24, 2.45) is 4.99 Å². The summed E-state index contributed by atoms with van der Waals surface area (Å²) in [5.74, 6) is 0.669. The molecule has 2 aliphatic heterocycles. The van der Waals surface area contributed by atoms with Crippen LogP contribution < -0.4 is 14.8 Å². The first-order chi connectivity index (χ1) is 12.1. The molecule has 0 radical (unpaired) electrons. The maximum Gasteiger partial charge on any atom is 0.262 e. The molecule has 0 aromatic heterocycles. The van der Waals surface area contributed by atoms with Gasteiger partial charge < -0.3 is 19.7 Å². The highest BCUT2D eigenvalue weighted by Crippen LogP contribution is 2.31. The summed E-state index contributed by atoms with van der Waals surface area (Å²) in [4.78, 5) is 30.6. The second-order valence-electron chi connectivity index (χ2n) is 5.86. The van der Waals surface area contributed by atoms with Crippen LogP contribution in [-0.2, 0) is 9.59 Å². The number of carbonyl (C=O) groups excluding carboxylic acids is 2. The minimum atomic E-state index is -0.448. The molecule has 1 aromatic rings. The molecule has 2 heterocycles. The predicted octanol–water partition coefficient (Wildman–Crippen LogP) is 2.13. The molecule has 1 aromatic carbocycles. The van der Waals surface area contributed by atoms with Gasteiger partial charge in [-0.05, 0) is 25.0 Å². The first kappa shape index (κ1) is 17.6. The molecule has 0 saturated carbocycles. The van der Waals surface area contributed by atoms with Crippen molar-refractivity contribution in [3.63, 3.8) is 0 Å². The standard InChI is InChI=1S/C17H21N3O4S/c1-23-12-6-5-11(9-13(12)24-2)18-15(21)10-14-16(22)19-17(25-14)20-7-3-4-8-20/h5-6,9,14H,3-4,7-8,10H2,1-2H3,(H,18,21)/t14-/m1/s1. The summed E-state index contributed by atoms with van der Waals surface area (Å²) in [5.41, 5.74) is 0.596. The third-order valence-electron chi connectivity index (χ3n) is 4.14. The number of amidine groups is 1. The zero-order chi connectivity index (χ0) is 17.8. The van der Waals surface area contributed by atoms with Gasteiger partial charge in [0.1, 0.15) is 5.25 Å². The van der Waals surface area contributed by atoms with Crippen molar-refractivity contribution in [2.75, 3.05) is 32.6 Å². The van der Waals surface area contributed by atoms with Gasteiger partial charge in [0.05, 0.1) is 14.2 Å². The fraction of sp³-hybridized carbons (Fsp3) is 0.471. The third kappa shape index (κ3) is 4.07. The molecule has 0 spiro atoms. The third-order valence-corrected chi connectivity index (χ3v) is 5.36. The van der Waals surface area contributed by atoms with Crippen LogP contribution in [0.25, 0.3) is 0 Å². The van der Waals surface area contributed by atoms with E-state index in [1.807, 2.05) is 0 Å². The Bertz CT molecular complexity index is 701. The number of amides is 2. The molecule has 1 fully saturated rings. The average Bonchev–Trinajstić information content (AvgIpc) is 3.25. The topological polar surface area (TPSA) is 80.2 Å². The molecule has 0 aliphatic carbocycles. The summed E-state index contributed by atoms with van der Waals surface area (Å²) < 4.78 is 10.4. The number of benzene rings is 1. The fourth-order valence-electron chi connectivity index (χ4n) is 2.85. The molecule has 3 rings (SSSR count). The van der Waals surface area contributed by atoms with Gasteiger partial charge in [0.25, 0.3) is 5.91 Å². The number of ether oxygens (including phenoxy) is 2. The Morgan fingerprint density at radius 1 is 1.28 bits per heavy atom. The summed E-state index contributed by atoms with van der Waals surface area (Å²) in [6.45, 7) is 1.87. The first-order valence-corrected chi connectivity index (χ1v) is 9.04. The molecule has 1 saturated heterocycles. The number of anilines is 1. The Morgan fingerprint density at radius 3 is 2.68 bits per heavy atom. The number of nitrogens with one attached hydrogen (secondary N) is 1. The van der Waals surface area contributed by atoms with E-state index >= 15 is 0 Å². The molecular weight excluding hydrogens is 342 g/mol. The van der Waals surface area contributed by atoms with Gasteiger partial charge in [-0.3, -0.25) is 9.59 Å². The minimum absolute atomic E-state index is 0.0959. The highest BCUT2D eigenvalue weighted by atomic mass is 32.2. The number of hydrogen-bond donors (Lipinski definition) is 1. The van der Waals surface area contributed by atoms with Crippen molar-refractivity contribution in [3.05, 3.63) is 18.2 Å². The summed E-state index contributed by atoms with van der Waals surface area (Å²) in [5, 5.41) is 3.10. The van der Waals surface area contributed by atoms with Gasteiger partial charge in [0, 0.05) is 31.3 Å². The smallest absolute Gasteiger partial charge is 0.262 e. The zero-order valence-corrected chi connectivity index (χ0v) is 15.1. The highest BCUT2D eigenvalue weighted by molar-refractivity contribution is 8.15. The Morgan fingerprint density at radius 2 is 2.00 bits per heavy atom. The van der Waals surface area contributed by atoms with Crippen molar-refractivity contribution >= 4 is 34.4 Å². The summed E-state index contributed by atoms with van der Waals surface area (Å²) in [7, 11) is 3.09. The molecule has 134 valence electrons. The van der Waals surface area contributed by atoms with Gasteiger partial charge in [-0.15, -0.1) is 0 Å². The van der Waals surface area contributed by atoms with Crippen LogP contribution in [-0.4, -0.2) is 54.4 Å². The van der Waals surface area contributed by atoms with E-state index in [-0.39, 0.29) is 18.2 Å². The van der Waals surface area contributed by atoms with Crippen LogP contribution >= 0.6 is 11.8 Å². The molecule has 1 atom stereocenters. The number of thioether (sulfide) groups is 1. The molecule has 2 amide bonds. The molecule has 2 aliphatic rings. The van der Waals surface area contributed by atoms with Crippen LogP contribution in [0.2, 0.25) is 0 Å². The molecule has 1 N–H and O–H groups in total. The molecule has 0 unspecified atom stereocenters. The second-order valence-corrected chi connectivity index (χ2v) is 7.03. The Labute approximate surface area is 150 Å². The van der Waals surface area contributed by atoms with Crippen LogP contribution in [0, 0.1) is 0 Å². The lowest BCUT2D eigenvalue weighted by molar-refractivity contribution is -0.121. The van der Waals surface area contributed by atoms with Gasteiger partial charge in [0.15, 0.2) is 16.7 Å². The summed E-state index contributed by atoms with van der Waals surface area (Å²) >= 11 is 1.39. The molecule has 0 bridgehead atoms. The van der Waals surface area contributed by atoms with E-state index in [0.717, 1.165) is 31.1 Å². The maximum absolute atomic E-state index is 12.3.